The van der Waals surface area contributed by atoms with Crippen LogP contribution in [0.2, 0.25) is 0 Å². The van der Waals surface area contributed by atoms with Crippen LogP contribution in [0.15, 0.2) is 28.8 Å². The monoisotopic (exact) mass is 291 g/mol. The number of benzene rings is 1. The van der Waals surface area contributed by atoms with Crippen molar-refractivity contribution in [1.29, 1.82) is 0 Å². The molecule has 0 amide bonds. The molecule has 21 heavy (non-hydrogen) atoms. The van der Waals surface area contributed by atoms with Crippen LogP contribution in [0.1, 0.15) is 32.6 Å². The molecule has 1 aromatic carbocycles. The number of aryl methyl sites for hydroxylation is 1. The SMILES string of the molecule is CC(C)C(CCN)CCc1nc(-c2ccccc2F)no1. The smallest absolute Gasteiger partial charge is 0.226 e. The second kappa shape index (κ2) is 7.31. The average molecular weight is 291 g/mol. The second-order valence-electron chi connectivity index (χ2n) is 5.61. The fourth-order valence-electron chi connectivity index (χ4n) is 2.44. The molecule has 1 atom stereocenters. The van der Waals surface area contributed by atoms with E-state index in [0.29, 0.717) is 42.1 Å². The van der Waals surface area contributed by atoms with E-state index in [-0.39, 0.29) is 5.82 Å². The van der Waals surface area contributed by atoms with Gasteiger partial charge in [0.05, 0.1) is 5.56 Å². The van der Waals surface area contributed by atoms with E-state index in [0.717, 1.165) is 12.8 Å². The highest BCUT2D eigenvalue weighted by Gasteiger charge is 2.16. The molecule has 0 spiro atoms. The highest BCUT2D eigenvalue weighted by Crippen LogP contribution is 2.23. The zero-order valence-corrected chi connectivity index (χ0v) is 12.6. The van der Waals surface area contributed by atoms with Crippen molar-refractivity contribution in [2.45, 2.75) is 33.1 Å². The van der Waals surface area contributed by atoms with Crippen molar-refractivity contribution < 1.29 is 8.91 Å². The minimum atomic E-state index is -0.340. The van der Waals surface area contributed by atoms with Crippen LogP contribution in [-0.4, -0.2) is 16.7 Å². The molecule has 114 valence electrons. The maximum atomic E-state index is 13.7. The van der Waals surface area contributed by atoms with Crippen LogP contribution in [0.5, 0.6) is 0 Å². The van der Waals surface area contributed by atoms with Crippen LogP contribution in [-0.2, 0) is 6.42 Å². The number of aromatic nitrogens is 2. The van der Waals surface area contributed by atoms with E-state index in [4.69, 9.17) is 10.3 Å². The number of rotatable bonds is 7. The zero-order valence-electron chi connectivity index (χ0n) is 12.6. The van der Waals surface area contributed by atoms with E-state index in [2.05, 4.69) is 24.0 Å². The molecule has 0 bridgehead atoms. The van der Waals surface area contributed by atoms with E-state index >= 15 is 0 Å². The summed E-state index contributed by atoms with van der Waals surface area (Å²) in [7, 11) is 0. The van der Waals surface area contributed by atoms with Crippen molar-refractivity contribution in [2.75, 3.05) is 6.54 Å². The first-order valence-corrected chi connectivity index (χ1v) is 7.39. The topological polar surface area (TPSA) is 64.9 Å². The van der Waals surface area contributed by atoms with E-state index in [1.807, 2.05) is 0 Å². The van der Waals surface area contributed by atoms with Crippen molar-refractivity contribution in [1.82, 2.24) is 10.1 Å². The van der Waals surface area contributed by atoms with Gasteiger partial charge in [-0.3, -0.25) is 0 Å². The lowest BCUT2D eigenvalue weighted by Crippen LogP contribution is -2.15. The Hall–Kier alpha value is -1.75. The van der Waals surface area contributed by atoms with E-state index in [1.54, 1.807) is 18.2 Å². The lowest BCUT2D eigenvalue weighted by Gasteiger charge is -2.18. The molecule has 2 rings (SSSR count). The van der Waals surface area contributed by atoms with Gasteiger partial charge in [0.25, 0.3) is 0 Å². The van der Waals surface area contributed by atoms with Crippen LogP contribution in [0.4, 0.5) is 4.39 Å². The Morgan fingerprint density at radius 1 is 1.24 bits per heavy atom. The van der Waals surface area contributed by atoms with Gasteiger partial charge in [-0.2, -0.15) is 4.98 Å². The molecule has 1 unspecified atom stereocenters. The minimum Gasteiger partial charge on any atom is -0.339 e. The summed E-state index contributed by atoms with van der Waals surface area (Å²) in [5.74, 6) is 1.63. The fraction of sp³-hybridized carbons (Fsp3) is 0.500. The fourth-order valence-corrected chi connectivity index (χ4v) is 2.44. The predicted octanol–water partition coefficient (Wildman–Crippen LogP) is 3.43. The Balaban J connectivity index is 2.02. The molecule has 0 saturated heterocycles. The van der Waals surface area contributed by atoms with Crippen LogP contribution >= 0.6 is 0 Å². The summed E-state index contributed by atoms with van der Waals surface area (Å²) in [5, 5.41) is 3.87. The Morgan fingerprint density at radius 2 is 2.00 bits per heavy atom. The van der Waals surface area contributed by atoms with Crippen molar-refractivity contribution >= 4 is 0 Å². The summed E-state index contributed by atoms with van der Waals surface area (Å²) in [6.45, 7) is 5.07. The maximum absolute atomic E-state index is 13.7. The van der Waals surface area contributed by atoms with Gasteiger partial charge in [0.15, 0.2) is 0 Å². The summed E-state index contributed by atoms with van der Waals surface area (Å²) >= 11 is 0. The highest BCUT2D eigenvalue weighted by molar-refractivity contribution is 5.54. The third-order valence-corrected chi connectivity index (χ3v) is 3.79. The van der Waals surface area contributed by atoms with Gasteiger partial charge >= 0.3 is 0 Å². The first-order chi connectivity index (χ1) is 10.1. The Labute approximate surface area is 124 Å². The van der Waals surface area contributed by atoms with Gasteiger partial charge in [0, 0.05) is 6.42 Å². The van der Waals surface area contributed by atoms with E-state index < -0.39 is 0 Å². The summed E-state index contributed by atoms with van der Waals surface area (Å²) in [5.41, 5.74) is 6.01. The van der Waals surface area contributed by atoms with Crippen LogP contribution in [0.25, 0.3) is 11.4 Å². The summed E-state index contributed by atoms with van der Waals surface area (Å²) < 4.78 is 18.9. The largest absolute Gasteiger partial charge is 0.339 e. The normalized spacial score (nSPS) is 12.8. The molecule has 0 fully saturated rings. The number of halogens is 1. The Bertz CT molecular complexity index is 568. The number of hydrogen-bond donors (Lipinski definition) is 1. The predicted molar refractivity (Wildman–Crippen MR) is 80.0 cm³/mol. The van der Waals surface area contributed by atoms with Gasteiger partial charge in [-0.15, -0.1) is 0 Å². The van der Waals surface area contributed by atoms with Crippen LogP contribution < -0.4 is 5.73 Å². The van der Waals surface area contributed by atoms with E-state index in [9.17, 15) is 4.39 Å². The average Bonchev–Trinajstić information content (AvgIpc) is 2.92. The molecule has 4 nitrogen and oxygen atoms in total. The molecule has 0 radical (unpaired) electrons. The molecule has 1 heterocycles. The third kappa shape index (κ3) is 4.11. The summed E-state index contributed by atoms with van der Waals surface area (Å²) in [4.78, 5) is 4.28. The first kappa shape index (κ1) is 15.6. The van der Waals surface area contributed by atoms with Gasteiger partial charge in [-0.1, -0.05) is 31.1 Å². The molecule has 0 aliphatic heterocycles. The molecule has 1 aromatic heterocycles. The quantitative estimate of drug-likeness (QED) is 0.848. The van der Waals surface area contributed by atoms with Gasteiger partial charge < -0.3 is 10.3 Å². The van der Waals surface area contributed by atoms with Crippen molar-refractivity contribution in [3.8, 4) is 11.4 Å². The first-order valence-electron chi connectivity index (χ1n) is 7.39. The molecule has 0 aliphatic carbocycles. The lowest BCUT2D eigenvalue weighted by molar-refractivity contribution is 0.313. The van der Waals surface area contributed by atoms with Crippen molar-refractivity contribution in [3.05, 3.63) is 36.0 Å². The van der Waals surface area contributed by atoms with Gasteiger partial charge in [-0.25, -0.2) is 4.39 Å². The van der Waals surface area contributed by atoms with Crippen molar-refractivity contribution in [2.24, 2.45) is 17.6 Å². The molecule has 5 heteroatoms. The minimum absolute atomic E-state index is 0.308. The second-order valence-corrected chi connectivity index (χ2v) is 5.61. The summed E-state index contributed by atoms with van der Waals surface area (Å²) in [6.07, 6.45) is 2.64. The molecule has 0 aliphatic rings. The lowest BCUT2D eigenvalue weighted by atomic mass is 9.88. The molecule has 2 aromatic rings. The number of nitrogens with zero attached hydrogens (tertiary/aromatic N) is 2. The Morgan fingerprint density at radius 3 is 2.67 bits per heavy atom. The third-order valence-electron chi connectivity index (χ3n) is 3.79. The van der Waals surface area contributed by atoms with Gasteiger partial charge in [-0.05, 0) is 43.4 Å². The van der Waals surface area contributed by atoms with Gasteiger partial charge in [0.1, 0.15) is 5.82 Å². The molecular weight excluding hydrogens is 269 g/mol. The van der Waals surface area contributed by atoms with Crippen molar-refractivity contribution in [3.63, 3.8) is 0 Å². The zero-order chi connectivity index (χ0) is 15.2. The highest BCUT2D eigenvalue weighted by atomic mass is 19.1. The molecule has 0 saturated carbocycles. The molecule has 2 N–H and O–H groups in total. The van der Waals surface area contributed by atoms with Crippen LogP contribution in [0, 0.1) is 17.7 Å². The molecular formula is C16H22FN3O. The standard InChI is InChI=1S/C16H22FN3O/c1-11(2)12(9-10-18)7-8-15-19-16(20-21-15)13-5-3-4-6-14(13)17/h3-6,11-12H,7-10,18H2,1-2H3. The number of hydrogen-bond acceptors (Lipinski definition) is 4. The van der Waals surface area contributed by atoms with Crippen LogP contribution in [0.3, 0.4) is 0 Å². The maximum Gasteiger partial charge on any atom is 0.226 e. The van der Waals surface area contributed by atoms with Gasteiger partial charge in [0.2, 0.25) is 11.7 Å². The Kier molecular flexibility index (Phi) is 5.44. The van der Waals surface area contributed by atoms with E-state index in [1.165, 1.54) is 6.07 Å². The summed E-state index contributed by atoms with van der Waals surface area (Å²) in [6, 6.07) is 6.43. The number of nitrogens with two attached hydrogens (primary N) is 1.